The van der Waals surface area contributed by atoms with Crippen molar-refractivity contribution in [1.82, 2.24) is 4.31 Å². The third-order valence-corrected chi connectivity index (χ3v) is 5.45. The molecule has 0 atom stereocenters. The Morgan fingerprint density at radius 1 is 1.24 bits per heavy atom. The minimum absolute atomic E-state index is 0.250. The lowest BCUT2D eigenvalue weighted by molar-refractivity contribution is 0.328. The van der Waals surface area contributed by atoms with E-state index in [2.05, 4.69) is 0 Å². The van der Waals surface area contributed by atoms with Gasteiger partial charge in [-0.05, 0) is 46.7 Å². The van der Waals surface area contributed by atoms with Crippen LogP contribution in [0.4, 0.5) is 0 Å². The molecular formula is C14H18N2O3S2. The van der Waals surface area contributed by atoms with Crippen LogP contribution in [0.3, 0.4) is 0 Å². The van der Waals surface area contributed by atoms with Crippen molar-refractivity contribution in [3.05, 3.63) is 46.7 Å². The normalized spacial score (nSPS) is 11.8. The summed E-state index contributed by atoms with van der Waals surface area (Å²) in [6, 6.07) is 8.29. The summed E-state index contributed by atoms with van der Waals surface area (Å²) in [5.41, 5.74) is 6.33. The summed E-state index contributed by atoms with van der Waals surface area (Å²) in [6.07, 6.45) is 0. The van der Waals surface area contributed by atoms with E-state index in [-0.39, 0.29) is 4.90 Å². The number of benzene rings is 1. The Hall–Kier alpha value is -1.41. The predicted molar refractivity (Wildman–Crippen MR) is 84.0 cm³/mol. The Bertz CT molecular complexity index is 652. The van der Waals surface area contributed by atoms with Gasteiger partial charge in [0.15, 0.2) is 0 Å². The van der Waals surface area contributed by atoms with Gasteiger partial charge in [-0.1, -0.05) is 0 Å². The van der Waals surface area contributed by atoms with E-state index in [9.17, 15) is 8.42 Å². The quantitative estimate of drug-likeness (QED) is 0.843. The lowest BCUT2D eigenvalue weighted by atomic mass is 10.3. The van der Waals surface area contributed by atoms with Crippen LogP contribution in [0.1, 0.15) is 5.56 Å². The predicted octanol–water partition coefficient (Wildman–Crippen LogP) is 1.91. The Morgan fingerprint density at radius 2 is 1.95 bits per heavy atom. The molecule has 1 aromatic carbocycles. The Labute approximate surface area is 129 Å². The molecule has 21 heavy (non-hydrogen) atoms. The van der Waals surface area contributed by atoms with Crippen LogP contribution in [0.25, 0.3) is 0 Å². The maximum Gasteiger partial charge on any atom is 0.243 e. The Kier molecular flexibility index (Phi) is 5.35. The van der Waals surface area contributed by atoms with Gasteiger partial charge in [-0.3, -0.25) is 0 Å². The van der Waals surface area contributed by atoms with Crippen LogP contribution in [0.2, 0.25) is 0 Å². The van der Waals surface area contributed by atoms with Gasteiger partial charge in [0.05, 0.1) is 4.90 Å². The molecule has 1 aromatic heterocycles. The van der Waals surface area contributed by atoms with Gasteiger partial charge in [-0.25, -0.2) is 8.42 Å². The summed E-state index contributed by atoms with van der Waals surface area (Å²) in [4.78, 5) is 0.250. The average Bonchev–Trinajstić information content (AvgIpc) is 2.98. The number of nitrogens with two attached hydrogens (primary N) is 1. The first-order valence-electron chi connectivity index (χ1n) is 6.44. The molecule has 0 spiro atoms. The number of nitrogens with zero attached hydrogens (tertiary/aromatic N) is 1. The van der Waals surface area contributed by atoms with Gasteiger partial charge in [0.1, 0.15) is 12.4 Å². The molecule has 0 aliphatic carbocycles. The SMILES string of the molecule is CN(Cc1ccsc1)S(=O)(=O)c1ccc(OCCN)cc1. The second-order valence-corrected chi connectivity index (χ2v) is 7.33. The van der Waals surface area contributed by atoms with Crippen LogP contribution in [0.5, 0.6) is 5.75 Å². The van der Waals surface area contributed by atoms with Gasteiger partial charge in [0, 0.05) is 20.1 Å². The molecule has 0 unspecified atom stereocenters. The molecule has 0 aliphatic rings. The highest BCUT2D eigenvalue weighted by atomic mass is 32.2. The minimum atomic E-state index is -3.49. The summed E-state index contributed by atoms with van der Waals surface area (Å²) in [6.45, 7) is 1.19. The molecule has 0 radical (unpaired) electrons. The Balaban J connectivity index is 2.11. The molecule has 2 rings (SSSR count). The van der Waals surface area contributed by atoms with E-state index in [1.165, 1.54) is 4.31 Å². The monoisotopic (exact) mass is 326 g/mol. The fourth-order valence-corrected chi connectivity index (χ4v) is 3.61. The van der Waals surface area contributed by atoms with E-state index in [4.69, 9.17) is 10.5 Å². The molecule has 2 aromatic rings. The molecule has 2 N–H and O–H groups in total. The van der Waals surface area contributed by atoms with Crippen molar-refractivity contribution in [3.8, 4) is 5.75 Å². The van der Waals surface area contributed by atoms with Crippen molar-refractivity contribution in [2.45, 2.75) is 11.4 Å². The standard InChI is InChI=1S/C14H18N2O3S2/c1-16(10-12-6-9-20-11-12)21(17,18)14-4-2-13(3-5-14)19-8-7-15/h2-6,9,11H,7-8,10,15H2,1H3. The van der Waals surface area contributed by atoms with Crippen LogP contribution in [0.15, 0.2) is 46.0 Å². The second-order valence-electron chi connectivity index (χ2n) is 4.50. The molecule has 0 saturated carbocycles. The topological polar surface area (TPSA) is 72.6 Å². The van der Waals surface area contributed by atoms with Crippen LogP contribution in [-0.4, -0.2) is 32.9 Å². The maximum atomic E-state index is 12.5. The molecular weight excluding hydrogens is 308 g/mol. The van der Waals surface area contributed by atoms with Gasteiger partial charge < -0.3 is 10.5 Å². The number of hydrogen-bond acceptors (Lipinski definition) is 5. The van der Waals surface area contributed by atoms with E-state index in [0.29, 0.717) is 25.4 Å². The van der Waals surface area contributed by atoms with E-state index in [1.54, 1.807) is 42.6 Å². The average molecular weight is 326 g/mol. The Morgan fingerprint density at radius 3 is 2.52 bits per heavy atom. The molecule has 7 heteroatoms. The highest BCUT2D eigenvalue weighted by Gasteiger charge is 2.20. The molecule has 0 bridgehead atoms. The van der Waals surface area contributed by atoms with Crippen molar-refractivity contribution in [1.29, 1.82) is 0 Å². The van der Waals surface area contributed by atoms with Crippen molar-refractivity contribution in [2.24, 2.45) is 5.73 Å². The highest BCUT2D eigenvalue weighted by molar-refractivity contribution is 7.89. The first-order chi connectivity index (χ1) is 10.0. The van der Waals surface area contributed by atoms with E-state index < -0.39 is 10.0 Å². The molecule has 0 fully saturated rings. The highest BCUT2D eigenvalue weighted by Crippen LogP contribution is 2.20. The number of ether oxygens (including phenoxy) is 1. The summed E-state index contributed by atoms with van der Waals surface area (Å²) < 4.78 is 31.6. The third kappa shape index (κ3) is 4.04. The zero-order valence-corrected chi connectivity index (χ0v) is 13.4. The molecule has 114 valence electrons. The number of rotatable bonds is 7. The van der Waals surface area contributed by atoms with E-state index in [1.807, 2.05) is 16.8 Å². The number of hydrogen-bond donors (Lipinski definition) is 1. The minimum Gasteiger partial charge on any atom is -0.492 e. The fourth-order valence-electron chi connectivity index (χ4n) is 1.79. The van der Waals surface area contributed by atoms with Crippen molar-refractivity contribution in [2.75, 3.05) is 20.2 Å². The molecule has 0 saturated heterocycles. The zero-order chi connectivity index (χ0) is 15.3. The van der Waals surface area contributed by atoms with Crippen molar-refractivity contribution >= 4 is 21.4 Å². The molecule has 0 amide bonds. The first kappa shape index (κ1) is 16.0. The summed E-state index contributed by atoms with van der Waals surface area (Å²) in [5, 5.41) is 3.87. The van der Waals surface area contributed by atoms with Crippen LogP contribution in [-0.2, 0) is 16.6 Å². The van der Waals surface area contributed by atoms with Gasteiger partial charge in [0.2, 0.25) is 10.0 Å². The smallest absolute Gasteiger partial charge is 0.243 e. The molecule has 1 heterocycles. The fraction of sp³-hybridized carbons (Fsp3) is 0.286. The second kappa shape index (κ2) is 7.04. The van der Waals surface area contributed by atoms with Gasteiger partial charge in [0.25, 0.3) is 0 Å². The van der Waals surface area contributed by atoms with Crippen LogP contribution < -0.4 is 10.5 Å². The van der Waals surface area contributed by atoms with E-state index in [0.717, 1.165) is 5.56 Å². The number of sulfonamides is 1. The summed E-state index contributed by atoms with van der Waals surface area (Å²) in [7, 11) is -1.92. The van der Waals surface area contributed by atoms with Gasteiger partial charge in [-0.15, -0.1) is 0 Å². The van der Waals surface area contributed by atoms with Gasteiger partial charge >= 0.3 is 0 Å². The number of thiophene rings is 1. The van der Waals surface area contributed by atoms with Crippen molar-refractivity contribution < 1.29 is 13.2 Å². The van der Waals surface area contributed by atoms with Crippen LogP contribution >= 0.6 is 11.3 Å². The maximum absolute atomic E-state index is 12.5. The van der Waals surface area contributed by atoms with E-state index >= 15 is 0 Å². The lowest BCUT2D eigenvalue weighted by Gasteiger charge is -2.16. The largest absolute Gasteiger partial charge is 0.492 e. The third-order valence-electron chi connectivity index (χ3n) is 2.90. The lowest BCUT2D eigenvalue weighted by Crippen LogP contribution is -2.26. The van der Waals surface area contributed by atoms with Gasteiger partial charge in [-0.2, -0.15) is 15.6 Å². The molecule has 0 aliphatic heterocycles. The van der Waals surface area contributed by atoms with Crippen LogP contribution in [0, 0.1) is 0 Å². The molecule has 5 nitrogen and oxygen atoms in total. The first-order valence-corrected chi connectivity index (χ1v) is 8.82. The summed E-state index contributed by atoms with van der Waals surface area (Å²) >= 11 is 1.55. The zero-order valence-electron chi connectivity index (χ0n) is 11.7. The summed E-state index contributed by atoms with van der Waals surface area (Å²) in [5.74, 6) is 0.611. The van der Waals surface area contributed by atoms with Crippen molar-refractivity contribution in [3.63, 3.8) is 0 Å².